The van der Waals surface area contributed by atoms with Crippen molar-refractivity contribution >= 4 is 17.3 Å². The number of hydrogen-bond acceptors (Lipinski definition) is 4. The highest BCUT2D eigenvalue weighted by atomic mass is 35.5. The summed E-state index contributed by atoms with van der Waals surface area (Å²) in [6.45, 7) is 1.94. The van der Waals surface area contributed by atoms with Crippen LogP contribution in [0, 0.1) is 12.7 Å². The van der Waals surface area contributed by atoms with E-state index in [9.17, 15) is 4.39 Å². The van der Waals surface area contributed by atoms with E-state index in [4.69, 9.17) is 16.0 Å². The molecule has 0 radical (unpaired) electrons. The van der Waals surface area contributed by atoms with E-state index in [1.807, 2.05) is 43.3 Å². The number of hydrogen-bond donors (Lipinski definition) is 1. The zero-order valence-corrected chi connectivity index (χ0v) is 15.8. The summed E-state index contributed by atoms with van der Waals surface area (Å²) in [5.41, 5.74) is 2.94. The largest absolute Gasteiger partial charge is 0.418 e. The molecule has 0 spiro atoms. The van der Waals surface area contributed by atoms with Crippen LogP contribution in [0.25, 0.3) is 11.5 Å². The number of benzene rings is 3. The van der Waals surface area contributed by atoms with Crippen LogP contribution in [-0.4, -0.2) is 10.2 Å². The molecule has 0 saturated heterocycles. The van der Waals surface area contributed by atoms with Crippen LogP contribution in [0.4, 0.5) is 10.1 Å². The molecule has 1 heterocycles. The normalized spacial score (nSPS) is 12.0. The molecule has 4 aromatic rings. The maximum Gasteiger partial charge on any atom is 0.247 e. The summed E-state index contributed by atoms with van der Waals surface area (Å²) in [5, 5.41) is 12.2. The van der Waals surface area contributed by atoms with Crippen LogP contribution in [0.3, 0.4) is 0 Å². The van der Waals surface area contributed by atoms with Crippen molar-refractivity contribution in [2.24, 2.45) is 0 Å². The van der Waals surface area contributed by atoms with Gasteiger partial charge in [-0.1, -0.05) is 54.1 Å². The molecule has 0 bridgehead atoms. The Labute approximate surface area is 167 Å². The number of nitrogens with one attached hydrogen (secondary N) is 1. The number of nitrogens with zero attached hydrogens (tertiary/aromatic N) is 2. The molecule has 0 aliphatic heterocycles. The van der Waals surface area contributed by atoms with Crippen molar-refractivity contribution in [3.63, 3.8) is 0 Å². The molecular weight excluding hydrogens is 377 g/mol. The molecule has 140 valence electrons. The quantitative estimate of drug-likeness (QED) is 0.449. The smallest absolute Gasteiger partial charge is 0.247 e. The lowest BCUT2D eigenvalue weighted by atomic mass is 10.0. The summed E-state index contributed by atoms with van der Waals surface area (Å²) in [5.74, 6) is 0.282. The third-order valence-electron chi connectivity index (χ3n) is 4.42. The molecule has 6 heteroatoms. The van der Waals surface area contributed by atoms with Crippen LogP contribution < -0.4 is 5.32 Å². The van der Waals surface area contributed by atoms with Gasteiger partial charge in [-0.2, -0.15) is 0 Å². The van der Waals surface area contributed by atoms with Gasteiger partial charge in [-0.25, -0.2) is 4.39 Å². The van der Waals surface area contributed by atoms with Gasteiger partial charge in [0.25, 0.3) is 0 Å². The Bertz CT molecular complexity index is 1100. The maximum atomic E-state index is 14.6. The van der Waals surface area contributed by atoms with Gasteiger partial charge in [0.05, 0.1) is 0 Å². The van der Waals surface area contributed by atoms with Crippen molar-refractivity contribution in [1.29, 1.82) is 0 Å². The molecule has 0 unspecified atom stereocenters. The van der Waals surface area contributed by atoms with E-state index in [1.54, 1.807) is 30.3 Å². The molecule has 1 aromatic heterocycles. The number of halogens is 2. The summed E-state index contributed by atoms with van der Waals surface area (Å²) in [6.07, 6.45) is 0. The van der Waals surface area contributed by atoms with Gasteiger partial charge in [-0.05, 0) is 42.8 Å². The summed E-state index contributed by atoms with van der Waals surface area (Å²) in [6, 6.07) is 20.8. The first-order valence-electron chi connectivity index (χ1n) is 8.78. The zero-order valence-electron chi connectivity index (χ0n) is 15.1. The Morgan fingerprint density at radius 3 is 2.50 bits per heavy atom. The number of aryl methyl sites for hydroxylation is 1. The fourth-order valence-electron chi connectivity index (χ4n) is 2.94. The molecule has 0 saturated carbocycles. The van der Waals surface area contributed by atoms with Gasteiger partial charge in [0.15, 0.2) is 0 Å². The van der Waals surface area contributed by atoms with Crippen LogP contribution in [0.5, 0.6) is 0 Å². The van der Waals surface area contributed by atoms with Gasteiger partial charge in [-0.3, -0.25) is 0 Å². The van der Waals surface area contributed by atoms with Crippen LogP contribution >= 0.6 is 11.6 Å². The Kier molecular flexibility index (Phi) is 5.08. The van der Waals surface area contributed by atoms with Gasteiger partial charge >= 0.3 is 0 Å². The van der Waals surface area contributed by atoms with Crippen molar-refractivity contribution in [1.82, 2.24) is 10.2 Å². The topological polar surface area (TPSA) is 51.0 Å². The lowest BCUT2D eigenvalue weighted by Gasteiger charge is -2.19. The minimum absolute atomic E-state index is 0.267. The minimum atomic E-state index is -0.664. The van der Waals surface area contributed by atoms with Crippen LogP contribution in [0.15, 0.2) is 77.2 Å². The highest BCUT2D eigenvalue weighted by Crippen LogP contribution is 2.31. The summed E-state index contributed by atoms with van der Waals surface area (Å²) < 4.78 is 20.5. The van der Waals surface area contributed by atoms with Crippen molar-refractivity contribution in [3.05, 3.63) is 101 Å². The lowest BCUT2D eigenvalue weighted by molar-refractivity contribution is 0.485. The van der Waals surface area contributed by atoms with E-state index in [0.717, 1.165) is 16.8 Å². The minimum Gasteiger partial charge on any atom is -0.418 e. The highest BCUT2D eigenvalue weighted by molar-refractivity contribution is 6.30. The standard InChI is InChI=1S/C22H17ClFN3O/c1-14-11-12-16(23)13-19(14)25-20(17-9-5-6-10-18(17)24)22-27-26-21(28-22)15-7-3-2-4-8-15/h2-13,20,25H,1H3/t20-/m0/s1. The fraction of sp³-hybridized carbons (Fsp3) is 0.0909. The third-order valence-corrected chi connectivity index (χ3v) is 4.66. The van der Waals surface area contributed by atoms with Gasteiger partial charge in [-0.15, -0.1) is 10.2 Å². The van der Waals surface area contributed by atoms with E-state index in [-0.39, 0.29) is 11.7 Å². The Balaban J connectivity index is 1.77. The predicted octanol–water partition coefficient (Wildman–Crippen LogP) is 6.04. The average molecular weight is 394 g/mol. The van der Waals surface area contributed by atoms with Gasteiger partial charge in [0, 0.05) is 21.8 Å². The molecule has 0 fully saturated rings. The van der Waals surface area contributed by atoms with E-state index < -0.39 is 6.04 Å². The first-order chi connectivity index (χ1) is 13.6. The van der Waals surface area contributed by atoms with Gasteiger partial charge < -0.3 is 9.73 Å². The number of aromatic nitrogens is 2. The van der Waals surface area contributed by atoms with Crippen molar-refractivity contribution in [3.8, 4) is 11.5 Å². The average Bonchev–Trinajstić information content (AvgIpc) is 3.20. The molecular formula is C22H17ClFN3O. The number of anilines is 1. The Morgan fingerprint density at radius 2 is 1.71 bits per heavy atom. The summed E-state index contributed by atoms with van der Waals surface area (Å²) in [4.78, 5) is 0. The molecule has 1 atom stereocenters. The van der Waals surface area contributed by atoms with Crippen LogP contribution in [0.1, 0.15) is 23.1 Å². The van der Waals surface area contributed by atoms with E-state index in [1.165, 1.54) is 6.07 Å². The molecule has 0 aliphatic rings. The Hall–Kier alpha value is -3.18. The first kappa shape index (κ1) is 18.2. The molecule has 1 N–H and O–H groups in total. The molecule has 4 rings (SSSR count). The lowest BCUT2D eigenvalue weighted by Crippen LogP contribution is -2.15. The molecule has 4 nitrogen and oxygen atoms in total. The van der Waals surface area contributed by atoms with Crippen molar-refractivity contribution < 1.29 is 8.81 Å². The van der Waals surface area contributed by atoms with E-state index >= 15 is 0 Å². The van der Waals surface area contributed by atoms with E-state index in [2.05, 4.69) is 15.5 Å². The molecule has 0 aliphatic carbocycles. The first-order valence-corrected chi connectivity index (χ1v) is 9.15. The second-order valence-corrected chi connectivity index (χ2v) is 6.81. The summed E-state index contributed by atoms with van der Waals surface area (Å²) >= 11 is 6.14. The monoisotopic (exact) mass is 393 g/mol. The second-order valence-electron chi connectivity index (χ2n) is 6.37. The van der Waals surface area contributed by atoms with Gasteiger partial charge in [0.1, 0.15) is 11.9 Å². The summed E-state index contributed by atoms with van der Waals surface area (Å²) in [7, 11) is 0. The highest BCUT2D eigenvalue weighted by Gasteiger charge is 2.24. The fourth-order valence-corrected chi connectivity index (χ4v) is 3.11. The maximum absolute atomic E-state index is 14.6. The van der Waals surface area contributed by atoms with Crippen LogP contribution in [0.2, 0.25) is 5.02 Å². The second kappa shape index (κ2) is 7.82. The van der Waals surface area contributed by atoms with Crippen molar-refractivity contribution in [2.75, 3.05) is 5.32 Å². The van der Waals surface area contributed by atoms with Crippen LogP contribution in [-0.2, 0) is 0 Å². The molecule has 28 heavy (non-hydrogen) atoms. The predicted molar refractivity (Wildman–Crippen MR) is 108 cm³/mol. The Morgan fingerprint density at radius 1 is 0.964 bits per heavy atom. The number of rotatable bonds is 5. The van der Waals surface area contributed by atoms with Gasteiger partial charge in [0.2, 0.25) is 11.8 Å². The molecule has 3 aromatic carbocycles. The SMILES string of the molecule is Cc1ccc(Cl)cc1N[C@H](c1nnc(-c2ccccc2)o1)c1ccccc1F. The molecule has 0 amide bonds. The zero-order chi connectivity index (χ0) is 19.5. The van der Waals surface area contributed by atoms with E-state index in [0.29, 0.717) is 16.5 Å². The third kappa shape index (κ3) is 3.75. The van der Waals surface area contributed by atoms with Crippen molar-refractivity contribution in [2.45, 2.75) is 13.0 Å².